The van der Waals surface area contributed by atoms with Gasteiger partial charge >= 0.3 is 5.97 Å². The van der Waals surface area contributed by atoms with Crippen LogP contribution in [0, 0.1) is 6.92 Å². The van der Waals surface area contributed by atoms with E-state index in [1.54, 1.807) is 6.20 Å². The van der Waals surface area contributed by atoms with E-state index in [2.05, 4.69) is 9.97 Å². The molecule has 0 spiro atoms. The standard InChI is InChI=1S/C11H13N3O2/c1-7(3-10(15)16)9-4-12-11-13-8(2)5-14(11)6-9/h4-7H,3H2,1-2H3,(H,15,16). The molecule has 1 unspecified atom stereocenters. The molecule has 5 heteroatoms. The largest absolute Gasteiger partial charge is 0.481 e. The Morgan fingerprint density at radius 3 is 3.00 bits per heavy atom. The van der Waals surface area contributed by atoms with E-state index in [0.717, 1.165) is 11.3 Å². The van der Waals surface area contributed by atoms with Crippen LogP contribution in [0.1, 0.15) is 30.5 Å². The van der Waals surface area contributed by atoms with E-state index >= 15 is 0 Å². The highest BCUT2D eigenvalue weighted by molar-refractivity contribution is 5.67. The second kappa shape index (κ2) is 3.92. The van der Waals surface area contributed by atoms with Gasteiger partial charge < -0.3 is 5.11 Å². The average Bonchev–Trinajstić information content (AvgIpc) is 2.55. The summed E-state index contributed by atoms with van der Waals surface area (Å²) in [5.41, 5.74) is 1.81. The molecule has 0 aliphatic carbocycles. The molecule has 0 aliphatic rings. The van der Waals surface area contributed by atoms with Crippen LogP contribution in [0.2, 0.25) is 0 Å². The van der Waals surface area contributed by atoms with Gasteiger partial charge in [-0.25, -0.2) is 9.97 Å². The van der Waals surface area contributed by atoms with Gasteiger partial charge in [0, 0.05) is 18.6 Å². The molecule has 0 aromatic carbocycles. The summed E-state index contributed by atoms with van der Waals surface area (Å²) in [6.45, 7) is 3.77. The van der Waals surface area contributed by atoms with Crippen LogP contribution >= 0.6 is 0 Å². The van der Waals surface area contributed by atoms with Gasteiger partial charge in [-0.3, -0.25) is 9.20 Å². The lowest BCUT2D eigenvalue weighted by Gasteiger charge is -2.08. The molecule has 2 aromatic heterocycles. The summed E-state index contributed by atoms with van der Waals surface area (Å²) >= 11 is 0. The summed E-state index contributed by atoms with van der Waals surface area (Å²) in [4.78, 5) is 19.0. The molecule has 5 nitrogen and oxygen atoms in total. The predicted molar refractivity (Wildman–Crippen MR) is 58.4 cm³/mol. The molecule has 0 saturated heterocycles. The van der Waals surface area contributed by atoms with E-state index in [9.17, 15) is 4.79 Å². The summed E-state index contributed by atoms with van der Waals surface area (Å²) in [5.74, 6) is -0.199. The number of aliphatic carboxylic acids is 1. The molecule has 2 aromatic rings. The van der Waals surface area contributed by atoms with Gasteiger partial charge in [0.2, 0.25) is 5.78 Å². The SMILES string of the molecule is Cc1cn2cc(C(C)CC(=O)O)cnc2n1. The number of hydrogen-bond donors (Lipinski definition) is 1. The fourth-order valence-corrected chi connectivity index (χ4v) is 1.65. The lowest BCUT2D eigenvalue weighted by atomic mass is 10.0. The van der Waals surface area contributed by atoms with E-state index in [1.807, 2.05) is 30.6 Å². The zero-order chi connectivity index (χ0) is 11.7. The maximum Gasteiger partial charge on any atom is 0.303 e. The Hall–Kier alpha value is -1.91. The molecule has 2 heterocycles. The quantitative estimate of drug-likeness (QED) is 0.851. The lowest BCUT2D eigenvalue weighted by molar-refractivity contribution is -0.137. The lowest BCUT2D eigenvalue weighted by Crippen LogP contribution is -2.04. The van der Waals surface area contributed by atoms with Crippen LogP contribution in [0.25, 0.3) is 5.78 Å². The molecule has 84 valence electrons. The van der Waals surface area contributed by atoms with Crippen LogP contribution in [-0.2, 0) is 4.79 Å². The van der Waals surface area contributed by atoms with Crippen LogP contribution in [0.4, 0.5) is 0 Å². The number of carboxylic acid groups (broad SMARTS) is 1. The van der Waals surface area contributed by atoms with Crippen molar-refractivity contribution in [3.63, 3.8) is 0 Å². The highest BCUT2D eigenvalue weighted by Gasteiger charge is 2.11. The Balaban J connectivity index is 2.34. The van der Waals surface area contributed by atoms with Gasteiger partial charge in [-0.15, -0.1) is 0 Å². The van der Waals surface area contributed by atoms with Crippen molar-refractivity contribution in [2.24, 2.45) is 0 Å². The summed E-state index contributed by atoms with van der Waals surface area (Å²) in [6, 6.07) is 0. The first-order chi connectivity index (χ1) is 7.56. The number of aromatic nitrogens is 3. The van der Waals surface area contributed by atoms with Gasteiger partial charge in [0.25, 0.3) is 0 Å². The van der Waals surface area contributed by atoms with Gasteiger partial charge in [0.05, 0.1) is 12.1 Å². The minimum absolute atomic E-state index is 0.0443. The average molecular weight is 219 g/mol. The third-order valence-electron chi connectivity index (χ3n) is 2.50. The van der Waals surface area contributed by atoms with E-state index < -0.39 is 5.97 Å². The first kappa shape index (κ1) is 10.6. The van der Waals surface area contributed by atoms with Crippen LogP contribution in [-0.4, -0.2) is 25.4 Å². The maximum atomic E-state index is 10.6. The van der Waals surface area contributed by atoms with Gasteiger partial charge in [-0.1, -0.05) is 6.92 Å². The van der Waals surface area contributed by atoms with E-state index in [0.29, 0.717) is 5.78 Å². The third-order valence-corrected chi connectivity index (χ3v) is 2.50. The molecule has 16 heavy (non-hydrogen) atoms. The van der Waals surface area contributed by atoms with Crippen molar-refractivity contribution in [3.8, 4) is 0 Å². The Morgan fingerprint density at radius 2 is 2.31 bits per heavy atom. The topological polar surface area (TPSA) is 67.5 Å². The number of fused-ring (bicyclic) bond motifs is 1. The Bertz CT molecular complexity index is 533. The summed E-state index contributed by atoms with van der Waals surface area (Å²) in [7, 11) is 0. The number of nitrogens with zero attached hydrogens (tertiary/aromatic N) is 3. The van der Waals surface area contributed by atoms with Crippen molar-refractivity contribution in [1.29, 1.82) is 0 Å². The Morgan fingerprint density at radius 1 is 1.56 bits per heavy atom. The molecule has 1 N–H and O–H groups in total. The summed E-state index contributed by atoms with van der Waals surface area (Å²) in [6.07, 6.45) is 5.56. The Kier molecular flexibility index (Phi) is 2.60. The first-order valence-electron chi connectivity index (χ1n) is 5.09. The fraction of sp³-hybridized carbons (Fsp3) is 0.364. The highest BCUT2D eigenvalue weighted by Crippen LogP contribution is 2.18. The van der Waals surface area contributed by atoms with Crippen molar-refractivity contribution in [2.45, 2.75) is 26.2 Å². The molecule has 0 amide bonds. The zero-order valence-corrected chi connectivity index (χ0v) is 9.21. The van der Waals surface area contributed by atoms with Gasteiger partial charge in [0.15, 0.2) is 0 Å². The van der Waals surface area contributed by atoms with E-state index in [-0.39, 0.29) is 12.3 Å². The Labute approximate surface area is 92.8 Å². The molecular formula is C11H13N3O2. The number of carboxylic acids is 1. The molecule has 0 aliphatic heterocycles. The maximum absolute atomic E-state index is 10.6. The molecule has 0 bridgehead atoms. The molecule has 2 rings (SSSR count). The number of hydrogen-bond acceptors (Lipinski definition) is 3. The fourth-order valence-electron chi connectivity index (χ4n) is 1.65. The molecule has 1 atom stereocenters. The van der Waals surface area contributed by atoms with Gasteiger partial charge in [0.1, 0.15) is 0 Å². The van der Waals surface area contributed by atoms with Crippen molar-refractivity contribution >= 4 is 11.7 Å². The van der Waals surface area contributed by atoms with Crippen LogP contribution < -0.4 is 0 Å². The van der Waals surface area contributed by atoms with Crippen molar-refractivity contribution in [2.75, 3.05) is 0 Å². The number of carbonyl (C=O) groups is 1. The van der Waals surface area contributed by atoms with E-state index in [4.69, 9.17) is 5.11 Å². The molecule has 0 radical (unpaired) electrons. The second-order valence-corrected chi connectivity index (χ2v) is 3.98. The highest BCUT2D eigenvalue weighted by atomic mass is 16.4. The smallest absolute Gasteiger partial charge is 0.303 e. The monoisotopic (exact) mass is 219 g/mol. The van der Waals surface area contributed by atoms with Crippen molar-refractivity contribution < 1.29 is 9.90 Å². The molecular weight excluding hydrogens is 206 g/mol. The molecule has 0 fully saturated rings. The third kappa shape index (κ3) is 2.03. The molecule has 0 saturated carbocycles. The van der Waals surface area contributed by atoms with E-state index in [1.165, 1.54) is 0 Å². The normalized spacial score (nSPS) is 12.9. The predicted octanol–water partition coefficient (Wildman–Crippen LogP) is 1.62. The number of imidazole rings is 1. The summed E-state index contributed by atoms with van der Waals surface area (Å²) in [5, 5.41) is 8.72. The number of aryl methyl sites for hydroxylation is 1. The van der Waals surface area contributed by atoms with Crippen LogP contribution in [0.5, 0.6) is 0 Å². The van der Waals surface area contributed by atoms with Crippen LogP contribution in [0.15, 0.2) is 18.6 Å². The first-order valence-corrected chi connectivity index (χ1v) is 5.09. The van der Waals surface area contributed by atoms with Crippen molar-refractivity contribution in [1.82, 2.24) is 14.4 Å². The zero-order valence-electron chi connectivity index (χ0n) is 9.21. The number of rotatable bonds is 3. The minimum Gasteiger partial charge on any atom is -0.481 e. The van der Waals surface area contributed by atoms with Crippen molar-refractivity contribution in [3.05, 3.63) is 29.8 Å². The minimum atomic E-state index is -0.797. The van der Waals surface area contributed by atoms with Gasteiger partial charge in [-0.05, 0) is 18.4 Å². The van der Waals surface area contributed by atoms with Crippen LogP contribution in [0.3, 0.4) is 0 Å². The summed E-state index contributed by atoms with van der Waals surface area (Å²) < 4.78 is 1.82. The second-order valence-electron chi connectivity index (χ2n) is 3.98. The van der Waals surface area contributed by atoms with Gasteiger partial charge in [-0.2, -0.15) is 0 Å².